The van der Waals surface area contributed by atoms with E-state index in [1.807, 2.05) is 6.92 Å². The highest BCUT2D eigenvalue weighted by Crippen LogP contribution is 2.67. The van der Waals surface area contributed by atoms with Gasteiger partial charge >= 0.3 is 5.97 Å². The first-order valence-corrected chi connectivity index (χ1v) is 15.4. The number of aliphatic carboxylic acids is 1. The summed E-state index contributed by atoms with van der Waals surface area (Å²) in [6, 6.07) is 3.63. The summed E-state index contributed by atoms with van der Waals surface area (Å²) in [5.74, 6) is -0.767. The summed E-state index contributed by atoms with van der Waals surface area (Å²) in [6.45, 7) is 5.97. The van der Waals surface area contributed by atoms with Gasteiger partial charge in [-0.3, -0.25) is 4.79 Å². The zero-order chi connectivity index (χ0) is 30.7. The van der Waals surface area contributed by atoms with Gasteiger partial charge in [0.25, 0.3) is 5.91 Å². The Morgan fingerprint density at radius 3 is 2.74 bits per heavy atom. The fourth-order valence-corrected chi connectivity index (χ4v) is 9.16. The minimum atomic E-state index is -1.18. The first-order chi connectivity index (χ1) is 20.3. The molecule has 1 heterocycles. The molecule has 8 atom stereocenters. The van der Waals surface area contributed by atoms with Crippen LogP contribution in [-0.2, 0) is 20.8 Å². The first kappa shape index (κ1) is 29.7. The van der Waals surface area contributed by atoms with Crippen molar-refractivity contribution in [1.29, 1.82) is 0 Å². The number of allylic oxidation sites excluding steroid dienone is 2. The maximum Gasteiger partial charge on any atom is 0.326 e. The highest BCUT2D eigenvalue weighted by molar-refractivity contribution is 5.96. The molecule has 232 valence electrons. The van der Waals surface area contributed by atoms with E-state index < -0.39 is 36.2 Å². The van der Waals surface area contributed by atoms with Crippen LogP contribution in [0.15, 0.2) is 41.2 Å². The highest BCUT2D eigenvalue weighted by atomic mass is 16.6. The van der Waals surface area contributed by atoms with Gasteiger partial charge in [0.15, 0.2) is 6.61 Å². The number of fused-ring (bicyclic) bond motifs is 6. The number of oxime groups is 1. The molecule has 6 rings (SSSR count). The van der Waals surface area contributed by atoms with Crippen molar-refractivity contribution in [2.24, 2.45) is 33.7 Å². The van der Waals surface area contributed by atoms with E-state index in [0.29, 0.717) is 35.6 Å². The number of aromatic amines is 1. The zero-order valence-electron chi connectivity index (χ0n) is 25.1. The molecule has 0 saturated heterocycles. The number of aromatic hydroxyl groups is 1. The number of carboxylic acid groups (broad SMARTS) is 1. The highest BCUT2D eigenvalue weighted by Gasteiger charge is 2.64. The van der Waals surface area contributed by atoms with E-state index in [2.05, 4.69) is 35.4 Å². The van der Waals surface area contributed by atoms with Crippen LogP contribution in [0.2, 0.25) is 0 Å². The van der Waals surface area contributed by atoms with Crippen LogP contribution in [0.1, 0.15) is 71.3 Å². The SMILES string of the molecule is C[C@]12CC/C(=N/OCC(=O)N[C@H](Cc3c[nH]c4ccc(O)cc34)C(=O)O)C=C1CC[C@@H]1[C@@H]2[C@@H](O)C[C@@]2(C)[C@H]1CC[C@]2(C)O. The molecule has 0 unspecified atom stereocenters. The van der Waals surface area contributed by atoms with E-state index in [1.54, 1.807) is 24.4 Å². The number of nitrogens with one attached hydrogen (secondary N) is 2. The maximum absolute atomic E-state index is 12.6. The lowest BCUT2D eigenvalue weighted by molar-refractivity contribution is -0.164. The molecule has 0 spiro atoms. The molecule has 1 aromatic carbocycles. The number of rotatable bonds is 7. The third kappa shape index (κ3) is 5.02. The van der Waals surface area contributed by atoms with Crippen LogP contribution in [-0.4, -0.2) is 67.4 Å². The lowest BCUT2D eigenvalue weighted by Crippen LogP contribution is -2.59. The van der Waals surface area contributed by atoms with E-state index in [1.165, 1.54) is 5.57 Å². The second-order valence-corrected chi connectivity index (χ2v) is 14.0. The number of aliphatic hydroxyl groups excluding tert-OH is 1. The molecule has 10 heteroatoms. The van der Waals surface area contributed by atoms with Crippen molar-refractivity contribution in [3.8, 4) is 5.75 Å². The summed E-state index contributed by atoms with van der Waals surface area (Å²) in [4.78, 5) is 32.9. The first-order valence-electron chi connectivity index (χ1n) is 15.4. The number of phenols is 1. The van der Waals surface area contributed by atoms with Gasteiger partial charge in [0.1, 0.15) is 11.8 Å². The van der Waals surface area contributed by atoms with Crippen LogP contribution >= 0.6 is 0 Å². The molecule has 3 saturated carbocycles. The van der Waals surface area contributed by atoms with Crippen molar-refractivity contribution in [1.82, 2.24) is 10.3 Å². The molecule has 43 heavy (non-hydrogen) atoms. The Morgan fingerprint density at radius 1 is 1.19 bits per heavy atom. The van der Waals surface area contributed by atoms with Crippen LogP contribution in [0.5, 0.6) is 5.75 Å². The van der Waals surface area contributed by atoms with Crippen molar-refractivity contribution in [2.75, 3.05) is 6.61 Å². The van der Waals surface area contributed by atoms with Gasteiger partial charge in [0, 0.05) is 28.9 Å². The molecular weight excluding hydrogens is 550 g/mol. The minimum absolute atomic E-state index is 0.0370. The Kier molecular flexibility index (Phi) is 7.36. The van der Waals surface area contributed by atoms with E-state index in [4.69, 9.17) is 4.84 Å². The van der Waals surface area contributed by atoms with Crippen LogP contribution in [0.3, 0.4) is 0 Å². The Labute approximate surface area is 251 Å². The molecule has 6 N–H and O–H groups in total. The molecule has 2 aromatic rings. The smallest absolute Gasteiger partial charge is 0.326 e. The number of H-pyrrole nitrogens is 1. The van der Waals surface area contributed by atoms with Gasteiger partial charge in [-0.2, -0.15) is 0 Å². The topological polar surface area (TPSA) is 164 Å². The lowest BCUT2D eigenvalue weighted by Gasteiger charge is -2.60. The Morgan fingerprint density at radius 2 is 1.98 bits per heavy atom. The van der Waals surface area contributed by atoms with Gasteiger partial charge in [-0.25, -0.2) is 4.79 Å². The van der Waals surface area contributed by atoms with Crippen molar-refractivity contribution in [2.45, 2.75) is 89.9 Å². The van der Waals surface area contributed by atoms with Crippen molar-refractivity contribution < 1.29 is 34.9 Å². The monoisotopic (exact) mass is 593 g/mol. The number of carbonyl (C=O) groups is 2. The van der Waals surface area contributed by atoms with Gasteiger partial charge in [-0.05, 0) is 105 Å². The minimum Gasteiger partial charge on any atom is -0.508 e. The summed E-state index contributed by atoms with van der Waals surface area (Å²) >= 11 is 0. The average molecular weight is 594 g/mol. The van der Waals surface area contributed by atoms with E-state index >= 15 is 0 Å². The fourth-order valence-electron chi connectivity index (χ4n) is 9.16. The third-order valence-electron chi connectivity index (χ3n) is 11.7. The summed E-state index contributed by atoms with van der Waals surface area (Å²) in [7, 11) is 0. The van der Waals surface area contributed by atoms with Crippen molar-refractivity contribution in [3.05, 3.63) is 41.6 Å². The molecule has 10 nitrogen and oxygen atoms in total. The number of nitrogens with zero attached hydrogens (tertiary/aromatic N) is 1. The molecule has 4 aliphatic rings. The number of carboxylic acids is 1. The van der Waals surface area contributed by atoms with Crippen molar-refractivity contribution >= 4 is 28.5 Å². The van der Waals surface area contributed by atoms with Gasteiger partial charge < -0.3 is 35.6 Å². The molecular formula is C33H43N3O7. The molecule has 1 aromatic heterocycles. The Hall–Kier alpha value is -3.37. The van der Waals surface area contributed by atoms with Crippen molar-refractivity contribution in [3.63, 3.8) is 0 Å². The van der Waals surface area contributed by atoms with Crippen LogP contribution in [0, 0.1) is 28.6 Å². The normalized spacial score (nSPS) is 36.8. The van der Waals surface area contributed by atoms with Crippen LogP contribution < -0.4 is 5.32 Å². The molecule has 4 aliphatic carbocycles. The summed E-state index contributed by atoms with van der Waals surface area (Å²) < 4.78 is 0. The van der Waals surface area contributed by atoms with E-state index in [-0.39, 0.29) is 28.9 Å². The number of benzene rings is 1. The third-order valence-corrected chi connectivity index (χ3v) is 11.7. The van der Waals surface area contributed by atoms with Gasteiger partial charge in [0.05, 0.1) is 17.4 Å². The second-order valence-electron chi connectivity index (χ2n) is 14.0. The number of phenolic OH excluding ortho intramolecular Hbond substituents is 1. The maximum atomic E-state index is 12.6. The van der Waals surface area contributed by atoms with Gasteiger partial charge in [-0.1, -0.05) is 24.6 Å². The number of aliphatic hydroxyl groups is 2. The van der Waals surface area contributed by atoms with Gasteiger partial charge in [0.2, 0.25) is 0 Å². The number of amides is 1. The predicted molar refractivity (Wildman–Crippen MR) is 160 cm³/mol. The molecule has 3 fully saturated rings. The largest absolute Gasteiger partial charge is 0.508 e. The number of hydrogen-bond donors (Lipinski definition) is 6. The molecule has 0 bridgehead atoms. The second kappa shape index (κ2) is 10.7. The molecule has 0 radical (unpaired) electrons. The molecule has 1 amide bonds. The van der Waals surface area contributed by atoms with Crippen LogP contribution in [0.4, 0.5) is 0 Å². The number of hydrogen-bond acceptors (Lipinski definition) is 7. The fraction of sp³-hybridized carbons (Fsp3) is 0.606. The Balaban J connectivity index is 1.09. The van der Waals surface area contributed by atoms with Gasteiger partial charge in [-0.15, -0.1) is 0 Å². The summed E-state index contributed by atoms with van der Waals surface area (Å²) in [6.07, 6.45) is 9.07. The quantitative estimate of drug-likeness (QED) is 0.264. The number of aromatic nitrogens is 1. The summed E-state index contributed by atoms with van der Waals surface area (Å²) in [5, 5.41) is 49.6. The summed E-state index contributed by atoms with van der Waals surface area (Å²) in [5.41, 5.74) is 2.26. The molecule has 0 aliphatic heterocycles. The zero-order valence-corrected chi connectivity index (χ0v) is 25.1. The predicted octanol–water partition coefficient (Wildman–Crippen LogP) is 4.04. The van der Waals surface area contributed by atoms with Crippen LogP contribution in [0.25, 0.3) is 10.9 Å². The van der Waals surface area contributed by atoms with E-state index in [9.17, 15) is 30.0 Å². The standard InChI is InChI=1S/C33H43N3O7/c1-31-10-8-20(13-19(31)4-6-22-24-9-11-33(3,42)32(24,2)15-27(38)29(22)31)36-43-17-28(39)35-26(30(40)41)12-18-16-34-25-7-5-21(37)14-23(18)25/h5,7,13-14,16,22,24,26-27,29,34,37-38,42H,4,6,8-12,15,17H2,1-3H3,(H,35,39)(H,40,41)/b36-20-/t22-,24-,26+,27-,29+,31-,32-,33-/m0/s1. The average Bonchev–Trinajstić information content (AvgIpc) is 3.44. The number of carbonyl (C=O) groups excluding carboxylic acids is 1. The Bertz CT molecular complexity index is 1490. The van der Waals surface area contributed by atoms with E-state index in [0.717, 1.165) is 43.3 Å². The lowest BCUT2D eigenvalue weighted by atomic mass is 9.45.